The standard InChI is InChI=1S/C14H14FN5O3/c1-7-13(20(22)23)12(19-18-7)14(21)17-11-9(15)3-2-4-10(11)16-8-5-6-8/h2-4,8,16H,5-6H2,1H3,(H,17,21)(H,18,19). The molecule has 0 radical (unpaired) electrons. The highest BCUT2D eigenvalue weighted by Crippen LogP contribution is 2.32. The summed E-state index contributed by atoms with van der Waals surface area (Å²) in [7, 11) is 0. The van der Waals surface area contributed by atoms with E-state index in [0.29, 0.717) is 5.69 Å². The lowest BCUT2D eigenvalue weighted by atomic mass is 10.2. The number of carbonyl (C=O) groups is 1. The number of benzene rings is 1. The molecule has 0 spiro atoms. The molecule has 0 bridgehead atoms. The molecule has 8 nitrogen and oxygen atoms in total. The second-order valence-corrected chi connectivity index (χ2v) is 5.34. The third-order valence-corrected chi connectivity index (χ3v) is 3.50. The fourth-order valence-electron chi connectivity index (χ4n) is 2.20. The quantitative estimate of drug-likeness (QED) is 0.579. The summed E-state index contributed by atoms with van der Waals surface area (Å²) in [5, 5.41) is 22.5. The minimum absolute atomic E-state index is 0.0423. The number of rotatable bonds is 5. The number of aryl methyl sites for hydroxylation is 1. The van der Waals surface area contributed by atoms with Gasteiger partial charge in [-0.3, -0.25) is 20.0 Å². The topological polar surface area (TPSA) is 113 Å². The number of anilines is 2. The molecule has 9 heteroatoms. The Morgan fingerprint density at radius 1 is 1.48 bits per heavy atom. The lowest BCUT2D eigenvalue weighted by molar-refractivity contribution is -0.385. The molecule has 3 rings (SSSR count). The summed E-state index contributed by atoms with van der Waals surface area (Å²) < 4.78 is 14.0. The van der Waals surface area contributed by atoms with E-state index in [0.717, 1.165) is 12.8 Å². The number of halogens is 1. The number of nitrogens with zero attached hydrogens (tertiary/aromatic N) is 2. The summed E-state index contributed by atoms with van der Waals surface area (Å²) >= 11 is 0. The number of aromatic amines is 1. The van der Waals surface area contributed by atoms with Gasteiger partial charge in [0.25, 0.3) is 5.91 Å². The third kappa shape index (κ3) is 2.98. The minimum atomic E-state index is -0.843. The van der Waals surface area contributed by atoms with Crippen LogP contribution in [0.1, 0.15) is 29.0 Å². The number of amides is 1. The first-order valence-corrected chi connectivity index (χ1v) is 7.03. The second kappa shape index (κ2) is 5.67. The van der Waals surface area contributed by atoms with Crippen LogP contribution in [-0.2, 0) is 0 Å². The van der Waals surface area contributed by atoms with Gasteiger partial charge in [-0.1, -0.05) is 6.07 Å². The van der Waals surface area contributed by atoms with Crippen LogP contribution in [0.5, 0.6) is 0 Å². The van der Waals surface area contributed by atoms with Gasteiger partial charge in [0, 0.05) is 6.04 Å². The largest absolute Gasteiger partial charge is 0.381 e. The molecular weight excluding hydrogens is 305 g/mol. The van der Waals surface area contributed by atoms with Crippen molar-refractivity contribution in [3.8, 4) is 0 Å². The van der Waals surface area contributed by atoms with E-state index in [-0.39, 0.29) is 23.1 Å². The number of aromatic nitrogens is 2. The maximum Gasteiger partial charge on any atom is 0.322 e. The van der Waals surface area contributed by atoms with E-state index in [9.17, 15) is 19.3 Å². The molecule has 1 heterocycles. The molecule has 0 atom stereocenters. The molecule has 0 unspecified atom stereocenters. The molecular formula is C14H14FN5O3. The minimum Gasteiger partial charge on any atom is -0.381 e. The van der Waals surface area contributed by atoms with Gasteiger partial charge in [0.15, 0.2) is 0 Å². The summed E-state index contributed by atoms with van der Waals surface area (Å²) in [5.74, 6) is -1.47. The maximum absolute atomic E-state index is 14.0. The first-order chi connectivity index (χ1) is 11.0. The number of nitrogens with one attached hydrogen (secondary N) is 3. The predicted molar refractivity (Wildman–Crippen MR) is 81.0 cm³/mol. The smallest absolute Gasteiger partial charge is 0.322 e. The van der Waals surface area contributed by atoms with E-state index < -0.39 is 22.3 Å². The van der Waals surface area contributed by atoms with Crippen LogP contribution in [0.3, 0.4) is 0 Å². The Balaban J connectivity index is 1.90. The van der Waals surface area contributed by atoms with E-state index in [4.69, 9.17) is 0 Å². The van der Waals surface area contributed by atoms with Gasteiger partial charge < -0.3 is 10.6 Å². The van der Waals surface area contributed by atoms with Crippen molar-refractivity contribution in [2.75, 3.05) is 10.6 Å². The Morgan fingerprint density at radius 3 is 2.87 bits per heavy atom. The van der Waals surface area contributed by atoms with Gasteiger partial charge in [-0.15, -0.1) is 0 Å². The van der Waals surface area contributed by atoms with Crippen LogP contribution in [0.15, 0.2) is 18.2 Å². The first kappa shape index (κ1) is 14.9. The molecule has 1 fully saturated rings. The average Bonchev–Trinajstić information content (AvgIpc) is 3.21. The van der Waals surface area contributed by atoms with Crippen LogP contribution in [0, 0.1) is 22.9 Å². The second-order valence-electron chi connectivity index (χ2n) is 5.34. The van der Waals surface area contributed by atoms with Crippen LogP contribution in [0.2, 0.25) is 0 Å². The van der Waals surface area contributed by atoms with Crippen molar-refractivity contribution < 1.29 is 14.1 Å². The molecule has 23 heavy (non-hydrogen) atoms. The molecule has 0 saturated heterocycles. The highest BCUT2D eigenvalue weighted by molar-refractivity contribution is 6.07. The van der Waals surface area contributed by atoms with Crippen molar-refractivity contribution in [2.24, 2.45) is 0 Å². The summed E-state index contributed by atoms with van der Waals surface area (Å²) in [6.07, 6.45) is 1.96. The predicted octanol–water partition coefficient (Wildman–Crippen LogP) is 2.59. The lowest BCUT2D eigenvalue weighted by Gasteiger charge is -2.12. The first-order valence-electron chi connectivity index (χ1n) is 7.03. The molecule has 1 aliphatic rings. The van der Waals surface area contributed by atoms with Gasteiger partial charge in [-0.05, 0) is 31.9 Å². The molecule has 0 aliphatic heterocycles. The van der Waals surface area contributed by atoms with Gasteiger partial charge in [-0.2, -0.15) is 5.10 Å². The van der Waals surface area contributed by atoms with Crippen molar-refractivity contribution in [3.63, 3.8) is 0 Å². The van der Waals surface area contributed by atoms with Gasteiger partial charge in [0.1, 0.15) is 17.2 Å². The Labute approximate surface area is 130 Å². The third-order valence-electron chi connectivity index (χ3n) is 3.50. The van der Waals surface area contributed by atoms with Gasteiger partial charge in [-0.25, -0.2) is 4.39 Å². The normalized spacial score (nSPS) is 13.7. The molecule has 1 aromatic heterocycles. The van der Waals surface area contributed by atoms with Crippen LogP contribution < -0.4 is 10.6 Å². The number of hydrogen-bond acceptors (Lipinski definition) is 5. The molecule has 3 N–H and O–H groups in total. The SMILES string of the molecule is Cc1[nH]nc(C(=O)Nc2c(F)cccc2NC2CC2)c1[N+](=O)[O-]. The van der Waals surface area contributed by atoms with Gasteiger partial charge in [0.05, 0.1) is 10.6 Å². The van der Waals surface area contributed by atoms with Crippen molar-refractivity contribution in [1.82, 2.24) is 10.2 Å². The van der Waals surface area contributed by atoms with E-state index in [1.54, 1.807) is 6.07 Å². The molecule has 1 saturated carbocycles. The maximum atomic E-state index is 14.0. The summed E-state index contributed by atoms with van der Waals surface area (Å²) in [5.41, 5.74) is -0.246. The van der Waals surface area contributed by atoms with Crippen molar-refractivity contribution in [2.45, 2.75) is 25.8 Å². The van der Waals surface area contributed by atoms with Crippen LogP contribution >= 0.6 is 0 Å². The molecule has 2 aromatic rings. The Bertz CT molecular complexity index is 785. The van der Waals surface area contributed by atoms with Crippen LogP contribution in [0.25, 0.3) is 0 Å². The number of para-hydroxylation sites is 1. The zero-order valence-corrected chi connectivity index (χ0v) is 12.2. The highest BCUT2D eigenvalue weighted by atomic mass is 19.1. The summed E-state index contributed by atoms with van der Waals surface area (Å²) in [6.45, 7) is 1.44. The monoisotopic (exact) mass is 319 g/mol. The van der Waals surface area contributed by atoms with Gasteiger partial charge >= 0.3 is 5.69 Å². The summed E-state index contributed by atoms with van der Waals surface area (Å²) in [4.78, 5) is 22.6. The fourth-order valence-corrected chi connectivity index (χ4v) is 2.20. The van der Waals surface area contributed by atoms with Crippen molar-refractivity contribution in [3.05, 3.63) is 45.5 Å². The zero-order valence-electron chi connectivity index (χ0n) is 12.2. The molecule has 1 aromatic carbocycles. The number of hydrogen-bond donors (Lipinski definition) is 3. The fraction of sp³-hybridized carbons (Fsp3) is 0.286. The number of nitro groups is 1. The van der Waals surface area contributed by atoms with E-state index in [2.05, 4.69) is 20.8 Å². The highest BCUT2D eigenvalue weighted by Gasteiger charge is 2.29. The Hall–Kier alpha value is -2.97. The zero-order chi connectivity index (χ0) is 16.6. The van der Waals surface area contributed by atoms with Crippen LogP contribution in [0.4, 0.5) is 21.5 Å². The number of H-pyrrole nitrogens is 1. The Morgan fingerprint density at radius 2 is 2.22 bits per heavy atom. The van der Waals surface area contributed by atoms with Gasteiger partial charge in [0.2, 0.25) is 5.69 Å². The molecule has 1 aliphatic carbocycles. The van der Waals surface area contributed by atoms with E-state index in [1.807, 2.05) is 0 Å². The van der Waals surface area contributed by atoms with E-state index >= 15 is 0 Å². The van der Waals surface area contributed by atoms with E-state index in [1.165, 1.54) is 19.1 Å². The lowest BCUT2D eigenvalue weighted by Crippen LogP contribution is -2.17. The molecule has 1 amide bonds. The summed E-state index contributed by atoms with van der Waals surface area (Å²) in [6, 6.07) is 4.63. The number of carbonyl (C=O) groups excluding carboxylic acids is 1. The van der Waals surface area contributed by atoms with Crippen molar-refractivity contribution >= 4 is 23.0 Å². The van der Waals surface area contributed by atoms with Crippen LogP contribution in [-0.4, -0.2) is 27.1 Å². The molecule has 120 valence electrons. The average molecular weight is 319 g/mol. The Kier molecular flexibility index (Phi) is 3.68. The van der Waals surface area contributed by atoms with Crippen molar-refractivity contribution in [1.29, 1.82) is 0 Å².